The van der Waals surface area contributed by atoms with Gasteiger partial charge in [-0.2, -0.15) is 0 Å². The average molecular weight is 666 g/mol. The van der Waals surface area contributed by atoms with E-state index in [4.69, 9.17) is 9.97 Å². The monoisotopic (exact) mass is 665 g/mol. The summed E-state index contributed by atoms with van der Waals surface area (Å²) in [6.07, 6.45) is 0. The van der Waals surface area contributed by atoms with Crippen molar-refractivity contribution in [3.63, 3.8) is 0 Å². The fourth-order valence-corrected chi connectivity index (χ4v) is 8.44. The molecule has 0 bridgehead atoms. The second-order valence-corrected chi connectivity index (χ2v) is 14.2. The van der Waals surface area contributed by atoms with Gasteiger partial charge in [0.15, 0.2) is 5.82 Å². The third kappa shape index (κ3) is 4.59. The van der Waals surface area contributed by atoms with Crippen molar-refractivity contribution in [1.29, 1.82) is 0 Å². The summed E-state index contributed by atoms with van der Waals surface area (Å²) in [5.74, 6) is 0.693. The summed E-state index contributed by atoms with van der Waals surface area (Å²) in [6.45, 7) is 4.74. The fourth-order valence-electron chi connectivity index (χ4n) is 8.44. The minimum Gasteiger partial charge on any atom is -0.309 e. The Labute approximate surface area is 303 Å². The maximum atomic E-state index is 5.41. The van der Waals surface area contributed by atoms with Gasteiger partial charge in [0.25, 0.3) is 0 Å². The van der Waals surface area contributed by atoms with Crippen molar-refractivity contribution < 1.29 is 0 Å². The van der Waals surface area contributed by atoms with E-state index < -0.39 is 0 Å². The SMILES string of the molecule is CC1(C)c2ccccc2-c2ccc3c4ccccc4n(-c4cccc(-c5nc(-c6ccccc6)c(-c6ccccc6)c(-c6ccccc6)n5)c4)c3c21. The van der Waals surface area contributed by atoms with Gasteiger partial charge in [-0.25, -0.2) is 9.97 Å². The van der Waals surface area contributed by atoms with E-state index in [2.05, 4.69) is 194 Å². The Morgan fingerprint density at radius 2 is 1.04 bits per heavy atom. The second-order valence-electron chi connectivity index (χ2n) is 14.2. The Morgan fingerprint density at radius 3 is 1.73 bits per heavy atom. The predicted molar refractivity (Wildman–Crippen MR) is 216 cm³/mol. The van der Waals surface area contributed by atoms with Crippen molar-refractivity contribution in [2.75, 3.05) is 0 Å². The predicted octanol–water partition coefficient (Wildman–Crippen LogP) is 12.5. The molecule has 1 aliphatic rings. The van der Waals surface area contributed by atoms with Crippen LogP contribution < -0.4 is 0 Å². The van der Waals surface area contributed by atoms with Crippen LogP contribution in [0.1, 0.15) is 25.0 Å². The molecule has 52 heavy (non-hydrogen) atoms. The van der Waals surface area contributed by atoms with E-state index in [1.165, 1.54) is 44.1 Å². The molecule has 0 radical (unpaired) electrons. The van der Waals surface area contributed by atoms with E-state index in [-0.39, 0.29) is 5.41 Å². The third-order valence-electron chi connectivity index (χ3n) is 10.8. The normalized spacial score (nSPS) is 13.0. The zero-order valence-corrected chi connectivity index (χ0v) is 29.1. The van der Waals surface area contributed by atoms with Crippen LogP contribution in [0.3, 0.4) is 0 Å². The Hall–Kier alpha value is -6.58. The number of aromatic nitrogens is 3. The van der Waals surface area contributed by atoms with E-state index in [0.29, 0.717) is 5.82 Å². The molecule has 3 nitrogen and oxygen atoms in total. The van der Waals surface area contributed by atoms with Crippen LogP contribution in [-0.4, -0.2) is 14.5 Å². The smallest absolute Gasteiger partial charge is 0.160 e. The molecular weight excluding hydrogens is 631 g/mol. The molecule has 0 spiro atoms. The lowest BCUT2D eigenvalue weighted by Crippen LogP contribution is -2.16. The highest BCUT2D eigenvalue weighted by atomic mass is 15.0. The van der Waals surface area contributed by atoms with Crippen LogP contribution in [0.5, 0.6) is 0 Å². The van der Waals surface area contributed by atoms with Crippen LogP contribution in [0, 0.1) is 0 Å². The third-order valence-corrected chi connectivity index (χ3v) is 10.8. The number of nitrogens with zero attached hydrogens (tertiary/aromatic N) is 3. The summed E-state index contributed by atoms with van der Waals surface area (Å²) in [6, 6.07) is 62.6. The van der Waals surface area contributed by atoms with Crippen molar-refractivity contribution >= 4 is 21.8 Å². The number of hydrogen-bond acceptors (Lipinski definition) is 2. The first kappa shape index (κ1) is 30.3. The molecule has 0 N–H and O–H groups in total. The lowest BCUT2D eigenvalue weighted by molar-refractivity contribution is 0.664. The van der Waals surface area contributed by atoms with Gasteiger partial charge < -0.3 is 4.57 Å². The molecule has 0 saturated heterocycles. The van der Waals surface area contributed by atoms with Gasteiger partial charge >= 0.3 is 0 Å². The molecule has 0 aliphatic heterocycles. The number of rotatable bonds is 5. The Bertz CT molecular complexity index is 2740. The first-order chi connectivity index (χ1) is 25.6. The van der Waals surface area contributed by atoms with Gasteiger partial charge in [-0.05, 0) is 46.0 Å². The second kappa shape index (κ2) is 11.8. The van der Waals surface area contributed by atoms with E-state index in [1.807, 2.05) is 0 Å². The van der Waals surface area contributed by atoms with Crippen LogP contribution in [0.25, 0.3) is 83.6 Å². The molecule has 0 atom stereocenters. The van der Waals surface area contributed by atoms with Crippen molar-refractivity contribution in [1.82, 2.24) is 14.5 Å². The number of para-hydroxylation sites is 1. The topological polar surface area (TPSA) is 30.7 Å². The molecule has 0 unspecified atom stereocenters. The lowest BCUT2D eigenvalue weighted by atomic mass is 9.81. The van der Waals surface area contributed by atoms with Crippen LogP contribution >= 0.6 is 0 Å². The van der Waals surface area contributed by atoms with Crippen LogP contribution in [0.15, 0.2) is 176 Å². The summed E-state index contributed by atoms with van der Waals surface area (Å²) in [5, 5.41) is 2.51. The van der Waals surface area contributed by atoms with Gasteiger partial charge in [-0.3, -0.25) is 0 Å². The van der Waals surface area contributed by atoms with Gasteiger partial charge in [-0.1, -0.05) is 172 Å². The van der Waals surface area contributed by atoms with Gasteiger partial charge in [0.1, 0.15) is 0 Å². The summed E-state index contributed by atoms with van der Waals surface area (Å²) in [5.41, 5.74) is 15.7. The molecular formula is C49H35N3. The molecule has 1 aliphatic carbocycles. The van der Waals surface area contributed by atoms with Crippen LogP contribution in [0.4, 0.5) is 0 Å². The highest BCUT2D eigenvalue weighted by Crippen LogP contribution is 2.53. The quantitative estimate of drug-likeness (QED) is 0.183. The van der Waals surface area contributed by atoms with Crippen molar-refractivity contribution in [3.8, 4) is 61.8 Å². The minimum atomic E-state index is -0.166. The number of hydrogen-bond donors (Lipinski definition) is 0. The molecule has 7 aromatic carbocycles. The number of benzene rings is 7. The van der Waals surface area contributed by atoms with Crippen LogP contribution in [0.2, 0.25) is 0 Å². The molecule has 3 heteroatoms. The average Bonchev–Trinajstić information content (AvgIpc) is 3.67. The highest BCUT2D eigenvalue weighted by molar-refractivity contribution is 6.13. The minimum absolute atomic E-state index is 0.166. The molecule has 2 heterocycles. The van der Waals surface area contributed by atoms with Crippen molar-refractivity contribution in [2.24, 2.45) is 0 Å². The largest absolute Gasteiger partial charge is 0.309 e. The molecule has 2 aromatic heterocycles. The highest BCUT2D eigenvalue weighted by Gasteiger charge is 2.38. The standard InChI is InChI=1S/C49H35N3/c1-49(2)41-27-14-12-25-37(41)39-29-30-40-38-26-13-15-28-42(38)52(47(40)44(39)49)36-24-16-23-35(31-36)48-50-45(33-19-8-4-9-20-33)43(32-17-6-3-7-18-32)46(51-48)34-21-10-5-11-22-34/h3-31H,1-2H3. The maximum absolute atomic E-state index is 5.41. The zero-order valence-electron chi connectivity index (χ0n) is 29.1. The van der Waals surface area contributed by atoms with E-state index >= 15 is 0 Å². The molecule has 9 aromatic rings. The Balaban J connectivity index is 1.25. The van der Waals surface area contributed by atoms with Crippen molar-refractivity contribution in [3.05, 3.63) is 187 Å². The van der Waals surface area contributed by atoms with Crippen molar-refractivity contribution in [2.45, 2.75) is 19.3 Å². The summed E-state index contributed by atoms with van der Waals surface area (Å²) < 4.78 is 2.47. The summed E-state index contributed by atoms with van der Waals surface area (Å²) in [4.78, 5) is 10.8. The van der Waals surface area contributed by atoms with E-state index in [9.17, 15) is 0 Å². The van der Waals surface area contributed by atoms with Gasteiger partial charge in [-0.15, -0.1) is 0 Å². The number of fused-ring (bicyclic) bond motifs is 7. The fraction of sp³-hybridized carbons (Fsp3) is 0.0612. The zero-order chi connectivity index (χ0) is 34.8. The maximum Gasteiger partial charge on any atom is 0.160 e. The first-order valence-corrected chi connectivity index (χ1v) is 17.9. The Morgan fingerprint density at radius 1 is 0.462 bits per heavy atom. The Kier molecular flexibility index (Phi) is 6.84. The first-order valence-electron chi connectivity index (χ1n) is 17.9. The molecule has 0 amide bonds. The molecule has 0 saturated carbocycles. The summed E-state index contributed by atoms with van der Waals surface area (Å²) in [7, 11) is 0. The molecule has 0 fully saturated rings. The molecule has 10 rings (SSSR count). The lowest BCUT2D eigenvalue weighted by Gasteiger charge is -2.23. The van der Waals surface area contributed by atoms with Gasteiger partial charge in [0.05, 0.1) is 22.4 Å². The summed E-state index contributed by atoms with van der Waals surface area (Å²) >= 11 is 0. The van der Waals surface area contributed by atoms with Gasteiger partial charge in [0.2, 0.25) is 0 Å². The molecule has 246 valence electrons. The van der Waals surface area contributed by atoms with E-state index in [1.54, 1.807) is 0 Å². The van der Waals surface area contributed by atoms with Crippen LogP contribution in [-0.2, 0) is 5.41 Å². The van der Waals surface area contributed by atoms with E-state index in [0.717, 1.165) is 44.9 Å². The van der Waals surface area contributed by atoms with Gasteiger partial charge in [0, 0.05) is 44.1 Å².